The van der Waals surface area contributed by atoms with Crippen LogP contribution in [0.15, 0.2) is 10.6 Å². The van der Waals surface area contributed by atoms with Gasteiger partial charge in [0, 0.05) is 12.6 Å². The Hall–Kier alpha value is -0.870. The number of nitrogens with one attached hydrogen (secondary N) is 1. The first-order valence-corrected chi connectivity index (χ1v) is 6.06. The molecule has 0 unspecified atom stereocenters. The fraction of sp³-hybridized carbons (Fsp3) is 0.750. The molecule has 4 heteroatoms. The van der Waals surface area contributed by atoms with E-state index >= 15 is 0 Å². The molecule has 16 heavy (non-hydrogen) atoms. The van der Waals surface area contributed by atoms with Gasteiger partial charge in [-0.3, -0.25) is 0 Å². The minimum absolute atomic E-state index is 0.362. The Morgan fingerprint density at radius 2 is 2.50 bits per heavy atom. The summed E-state index contributed by atoms with van der Waals surface area (Å²) >= 11 is 0. The average Bonchev–Trinajstić information content (AvgIpc) is 2.91. The largest absolute Gasteiger partial charge is 0.445 e. The molecule has 1 N–H and O–H groups in total. The first kappa shape index (κ1) is 11.6. The third kappa shape index (κ3) is 2.83. The van der Waals surface area contributed by atoms with Crippen molar-refractivity contribution >= 4 is 0 Å². The number of hydrogen-bond acceptors (Lipinski definition) is 4. The molecule has 4 nitrogen and oxygen atoms in total. The zero-order chi connectivity index (χ0) is 11.4. The highest BCUT2D eigenvalue weighted by Gasteiger charge is 2.24. The molecule has 1 saturated heterocycles. The Morgan fingerprint density at radius 1 is 1.62 bits per heavy atom. The summed E-state index contributed by atoms with van der Waals surface area (Å²) in [6.07, 6.45) is 5.53. The smallest absolute Gasteiger partial charge is 0.208 e. The highest BCUT2D eigenvalue weighted by molar-refractivity contribution is 4.91. The van der Waals surface area contributed by atoms with Crippen LogP contribution in [0.4, 0.5) is 0 Å². The zero-order valence-electron chi connectivity index (χ0n) is 10.0. The summed E-state index contributed by atoms with van der Waals surface area (Å²) in [6, 6.07) is 0.412. The van der Waals surface area contributed by atoms with E-state index in [0.717, 1.165) is 31.1 Å². The van der Waals surface area contributed by atoms with Crippen LogP contribution in [0.1, 0.15) is 37.8 Å². The third-order valence-electron chi connectivity index (χ3n) is 3.04. The zero-order valence-corrected chi connectivity index (χ0v) is 10.0. The van der Waals surface area contributed by atoms with E-state index in [2.05, 4.69) is 17.2 Å². The van der Waals surface area contributed by atoms with Gasteiger partial charge in [-0.1, -0.05) is 6.92 Å². The molecule has 90 valence electrons. The second-order valence-corrected chi connectivity index (χ2v) is 4.31. The predicted octanol–water partition coefficient (Wildman–Crippen LogP) is 2.03. The summed E-state index contributed by atoms with van der Waals surface area (Å²) in [6.45, 7) is 5.68. The van der Waals surface area contributed by atoms with E-state index in [4.69, 9.17) is 9.15 Å². The number of aromatic nitrogens is 1. The third-order valence-corrected chi connectivity index (χ3v) is 3.04. The van der Waals surface area contributed by atoms with Gasteiger partial charge in [0.25, 0.3) is 0 Å². The summed E-state index contributed by atoms with van der Waals surface area (Å²) in [5.41, 5.74) is 0. The Balaban J connectivity index is 1.82. The SMILES string of the molecule is CC[C@H](NCc1ncc(C)o1)[C@H]1CCCO1. The molecule has 2 atom stereocenters. The van der Waals surface area contributed by atoms with Crippen molar-refractivity contribution in [2.45, 2.75) is 51.8 Å². The van der Waals surface area contributed by atoms with Crippen LogP contribution < -0.4 is 5.32 Å². The minimum Gasteiger partial charge on any atom is -0.445 e. The molecule has 2 rings (SSSR count). The van der Waals surface area contributed by atoms with Crippen LogP contribution in [-0.4, -0.2) is 23.7 Å². The Kier molecular flexibility index (Phi) is 3.96. The molecule has 0 aromatic carbocycles. The van der Waals surface area contributed by atoms with Crippen LogP contribution in [0.5, 0.6) is 0 Å². The number of nitrogens with zero attached hydrogens (tertiary/aromatic N) is 1. The lowest BCUT2D eigenvalue weighted by Crippen LogP contribution is -2.38. The lowest BCUT2D eigenvalue weighted by molar-refractivity contribution is 0.0756. The number of rotatable bonds is 5. The van der Waals surface area contributed by atoms with Gasteiger partial charge in [0.15, 0.2) is 0 Å². The topological polar surface area (TPSA) is 47.3 Å². The van der Waals surface area contributed by atoms with E-state index in [1.54, 1.807) is 6.20 Å². The highest BCUT2D eigenvalue weighted by Crippen LogP contribution is 2.17. The maximum absolute atomic E-state index is 5.69. The molecule has 0 bridgehead atoms. The minimum atomic E-state index is 0.362. The average molecular weight is 224 g/mol. The van der Waals surface area contributed by atoms with Crippen molar-refractivity contribution < 1.29 is 9.15 Å². The molecule has 0 spiro atoms. The molecule has 1 aromatic heterocycles. The first-order chi connectivity index (χ1) is 7.79. The van der Waals surface area contributed by atoms with E-state index in [9.17, 15) is 0 Å². The number of hydrogen-bond donors (Lipinski definition) is 1. The van der Waals surface area contributed by atoms with Crippen molar-refractivity contribution in [2.24, 2.45) is 0 Å². The maximum atomic E-state index is 5.69. The second-order valence-electron chi connectivity index (χ2n) is 4.31. The second kappa shape index (κ2) is 5.46. The van der Waals surface area contributed by atoms with Gasteiger partial charge < -0.3 is 14.5 Å². The van der Waals surface area contributed by atoms with Crippen molar-refractivity contribution in [1.82, 2.24) is 10.3 Å². The molecule has 0 amide bonds. The fourth-order valence-corrected chi connectivity index (χ4v) is 2.16. The van der Waals surface area contributed by atoms with Crippen LogP contribution in [0.2, 0.25) is 0 Å². The quantitative estimate of drug-likeness (QED) is 0.831. The van der Waals surface area contributed by atoms with Gasteiger partial charge in [0.2, 0.25) is 5.89 Å². The van der Waals surface area contributed by atoms with Gasteiger partial charge in [-0.2, -0.15) is 0 Å². The highest BCUT2D eigenvalue weighted by atomic mass is 16.5. The summed E-state index contributed by atoms with van der Waals surface area (Å²) < 4.78 is 11.1. The molecule has 1 aromatic rings. The summed E-state index contributed by atoms with van der Waals surface area (Å²) in [7, 11) is 0. The van der Waals surface area contributed by atoms with Crippen molar-refractivity contribution in [3.05, 3.63) is 17.8 Å². The number of oxazole rings is 1. The summed E-state index contributed by atoms with van der Waals surface area (Å²) in [4.78, 5) is 4.18. The Morgan fingerprint density at radius 3 is 3.06 bits per heavy atom. The maximum Gasteiger partial charge on any atom is 0.208 e. The van der Waals surface area contributed by atoms with Gasteiger partial charge in [0.1, 0.15) is 5.76 Å². The van der Waals surface area contributed by atoms with Crippen LogP contribution in [0, 0.1) is 6.92 Å². The van der Waals surface area contributed by atoms with E-state index in [-0.39, 0.29) is 0 Å². The van der Waals surface area contributed by atoms with E-state index in [0.29, 0.717) is 18.7 Å². The summed E-state index contributed by atoms with van der Waals surface area (Å²) in [5, 5.41) is 3.46. The van der Waals surface area contributed by atoms with Crippen LogP contribution >= 0.6 is 0 Å². The van der Waals surface area contributed by atoms with Gasteiger partial charge in [-0.15, -0.1) is 0 Å². The molecule has 1 fully saturated rings. The number of aryl methyl sites for hydroxylation is 1. The molecular formula is C12H20N2O2. The van der Waals surface area contributed by atoms with E-state index < -0.39 is 0 Å². The lowest BCUT2D eigenvalue weighted by atomic mass is 10.1. The van der Waals surface area contributed by atoms with Crippen molar-refractivity contribution in [3.8, 4) is 0 Å². The molecule has 1 aliphatic rings. The van der Waals surface area contributed by atoms with Crippen LogP contribution in [0.25, 0.3) is 0 Å². The molecule has 0 aliphatic carbocycles. The lowest BCUT2D eigenvalue weighted by Gasteiger charge is -2.22. The van der Waals surface area contributed by atoms with Crippen molar-refractivity contribution in [2.75, 3.05) is 6.61 Å². The first-order valence-electron chi connectivity index (χ1n) is 6.06. The van der Waals surface area contributed by atoms with E-state index in [1.807, 2.05) is 6.92 Å². The fourth-order valence-electron chi connectivity index (χ4n) is 2.16. The molecule has 2 heterocycles. The summed E-state index contributed by atoms with van der Waals surface area (Å²) in [5.74, 6) is 1.62. The standard InChI is InChI=1S/C12H20N2O2/c1-3-10(11-5-4-6-15-11)13-8-12-14-7-9(2)16-12/h7,10-11,13H,3-6,8H2,1-2H3/t10-,11+/m0/s1. The predicted molar refractivity (Wildman–Crippen MR) is 61.1 cm³/mol. The molecule has 0 radical (unpaired) electrons. The van der Waals surface area contributed by atoms with Crippen molar-refractivity contribution in [3.63, 3.8) is 0 Å². The van der Waals surface area contributed by atoms with E-state index in [1.165, 1.54) is 6.42 Å². The van der Waals surface area contributed by atoms with Gasteiger partial charge in [0.05, 0.1) is 18.8 Å². The van der Waals surface area contributed by atoms with Gasteiger partial charge in [-0.25, -0.2) is 4.98 Å². The van der Waals surface area contributed by atoms with Crippen LogP contribution in [-0.2, 0) is 11.3 Å². The molecule has 0 saturated carbocycles. The molecular weight excluding hydrogens is 204 g/mol. The van der Waals surface area contributed by atoms with Gasteiger partial charge in [-0.05, 0) is 26.2 Å². The van der Waals surface area contributed by atoms with Crippen molar-refractivity contribution in [1.29, 1.82) is 0 Å². The van der Waals surface area contributed by atoms with Crippen LogP contribution in [0.3, 0.4) is 0 Å². The Bertz CT molecular complexity index is 319. The monoisotopic (exact) mass is 224 g/mol. The molecule has 1 aliphatic heterocycles. The number of ether oxygens (including phenoxy) is 1. The van der Waals surface area contributed by atoms with Gasteiger partial charge >= 0.3 is 0 Å². The normalized spacial score (nSPS) is 22.5. The Labute approximate surface area is 96.4 Å².